The van der Waals surface area contributed by atoms with Gasteiger partial charge in [0.15, 0.2) is 0 Å². The van der Waals surface area contributed by atoms with Gasteiger partial charge in [-0.3, -0.25) is 4.79 Å². The standard InChI is InChI=1S/C21H32N2O2/c1-2-18(19-6-4-3-5-7-19)14-21(24)22-20-8-11-23(12-9-20)15-17-10-13-25-16-17/h3-7,17-18,20H,2,8-16H2,1H3,(H,22,24)/t17-,18-/m1/s1. The van der Waals surface area contributed by atoms with Gasteiger partial charge < -0.3 is 15.0 Å². The molecule has 1 amide bonds. The molecule has 0 bridgehead atoms. The largest absolute Gasteiger partial charge is 0.381 e. The van der Waals surface area contributed by atoms with Crippen LogP contribution in [0.15, 0.2) is 30.3 Å². The molecule has 0 unspecified atom stereocenters. The van der Waals surface area contributed by atoms with E-state index in [1.54, 1.807) is 0 Å². The number of carbonyl (C=O) groups is 1. The summed E-state index contributed by atoms with van der Waals surface area (Å²) in [6.07, 6.45) is 4.94. The zero-order valence-electron chi connectivity index (χ0n) is 15.5. The summed E-state index contributed by atoms with van der Waals surface area (Å²) in [5, 5.41) is 3.28. The van der Waals surface area contributed by atoms with Crippen molar-refractivity contribution in [2.24, 2.45) is 5.92 Å². The van der Waals surface area contributed by atoms with Crippen LogP contribution in [0, 0.1) is 5.92 Å². The Labute approximate surface area is 151 Å². The minimum Gasteiger partial charge on any atom is -0.381 e. The summed E-state index contributed by atoms with van der Waals surface area (Å²) < 4.78 is 5.47. The summed E-state index contributed by atoms with van der Waals surface area (Å²) in [5.74, 6) is 1.24. The Morgan fingerprint density at radius 3 is 2.64 bits per heavy atom. The first kappa shape index (κ1) is 18.4. The number of benzene rings is 1. The maximum absolute atomic E-state index is 12.5. The maximum atomic E-state index is 12.5. The van der Waals surface area contributed by atoms with Crippen molar-refractivity contribution in [3.63, 3.8) is 0 Å². The second-order valence-corrected chi connectivity index (χ2v) is 7.59. The number of hydrogen-bond donors (Lipinski definition) is 1. The van der Waals surface area contributed by atoms with E-state index < -0.39 is 0 Å². The maximum Gasteiger partial charge on any atom is 0.220 e. The van der Waals surface area contributed by atoms with Crippen LogP contribution in [-0.2, 0) is 9.53 Å². The second-order valence-electron chi connectivity index (χ2n) is 7.59. The van der Waals surface area contributed by atoms with Crippen molar-refractivity contribution < 1.29 is 9.53 Å². The van der Waals surface area contributed by atoms with Crippen molar-refractivity contribution in [3.8, 4) is 0 Å². The van der Waals surface area contributed by atoms with Crippen LogP contribution in [0.1, 0.15) is 50.5 Å². The SMILES string of the molecule is CC[C@H](CC(=O)NC1CCN(C[C@H]2CCOC2)CC1)c1ccccc1. The van der Waals surface area contributed by atoms with E-state index in [-0.39, 0.29) is 5.91 Å². The molecule has 4 nitrogen and oxygen atoms in total. The molecule has 0 saturated carbocycles. The van der Waals surface area contributed by atoms with Gasteiger partial charge in [0.05, 0.1) is 6.61 Å². The summed E-state index contributed by atoms with van der Waals surface area (Å²) in [6.45, 7) is 7.36. The van der Waals surface area contributed by atoms with Crippen molar-refractivity contribution in [1.29, 1.82) is 0 Å². The van der Waals surface area contributed by atoms with E-state index in [0.717, 1.165) is 52.1 Å². The summed E-state index contributed by atoms with van der Waals surface area (Å²) in [7, 11) is 0. The van der Waals surface area contributed by atoms with Gasteiger partial charge in [0, 0.05) is 38.7 Å². The number of rotatable bonds is 7. The number of nitrogens with one attached hydrogen (secondary N) is 1. The van der Waals surface area contributed by atoms with E-state index in [4.69, 9.17) is 4.74 Å². The Balaban J connectivity index is 1.39. The van der Waals surface area contributed by atoms with Crippen LogP contribution in [0.2, 0.25) is 0 Å². The number of carbonyl (C=O) groups excluding carboxylic acids is 1. The predicted molar refractivity (Wildman–Crippen MR) is 101 cm³/mol. The van der Waals surface area contributed by atoms with Gasteiger partial charge in [-0.1, -0.05) is 37.3 Å². The first-order valence-electron chi connectivity index (χ1n) is 9.89. The number of amides is 1. The molecule has 0 aromatic heterocycles. The molecule has 138 valence electrons. The van der Waals surface area contributed by atoms with E-state index in [9.17, 15) is 4.79 Å². The average Bonchev–Trinajstić information content (AvgIpc) is 3.15. The third-order valence-corrected chi connectivity index (χ3v) is 5.69. The molecule has 2 atom stereocenters. The van der Waals surface area contributed by atoms with E-state index in [2.05, 4.69) is 41.4 Å². The fourth-order valence-corrected chi connectivity index (χ4v) is 4.09. The van der Waals surface area contributed by atoms with Crippen molar-refractivity contribution in [2.75, 3.05) is 32.8 Å². The zero-order valence-corrected chi connectivity index (χ0v) is 15.5. The van der Waals surface area contributed by atoms with E-state index in [0.29, 0.717) is 24.3 Å². The number of ether oxygens (including phenoxy) is 1. The number of hydrogen-bond acceptors (Lipinski definition) is 3. The topological polar surface area (TPSA) is 41.6 Å². The van der Waals surface area contributed by atoms with Gasteiger partial charge in [-0.15, -0.1) is 0 Å². The molecule has 2 heterocycles. The molecule has 1 aromatic carbocycles. The van der Waals surface area contributed by atoms with Gasteiger partial charge in [-0.05, 0) is 43.1 Å². The molecular weight excluding hydrogens is 312 g/mol. The fraction of sp³-hybridized carbons (Fsp3) is 0.667. The average molecular weight is 344 g/mol. The van der Waals surface area contributed by atoms with E-state index in [1.165, 1.54) is 12.0 Å². The molecule has 0 spiro atoms. The van der Waals surface area contributed by atoms with E-state index >= 15 is 0 Å². The lowest BCUT2D eigenvalue weighted by Crippen LogP contribution is -2.46. The lowest BCUT2D eigenvalue weighted by atomic mass is 9.92. The molecule has 3 rings (SSSR count). The summed E-state index contributed by atoms with van der Waals surface area (Å²) >= 11 is 0. The lowest BCUT2D eigenvalue weighted by molar-refractivity contribution is -0.122. The van der Waals surface area contributed by atoms with Crippen LogP contribution in [0.3, 0.4) is 0 Å². The molecule has 4 heteroatoms. The first-order chi connectivity index (χ1) is 12.2. The minimum absolute atomic E-state index is 0.207. The number of nitrogens with zero attached hydrogens (tertiary/aromatic N) is 1. The third kappa shape index (κ3) is 5.55. The molecular formula is C21H32N2O2. The van der Waals surface area contributed by atoms with E-state index in [1.807, 2.05) is 6.07 Å². The number of piperidine rings is 1. The Morgan fingerprint density at radius 2 is 2.00 bits per heavy atom. The van der Waals surface area contributed by atoms with Gasteiger partial charge in [0.25, 0.3) is 0 Å². The fourth-order valence-electron chi connectivity index (χ4n) is 4.09. The highest BCUT2D eigenvalue weighted by Crippen LogP contribution is 2.23. The summed E-state index contributed by atoms with van der Waals surface area (Å²) in [4.78, 5) is 15.0. The minimum atomic E-state index is 0.207. The number of likely N-dealkylation sites (tertiary alicyclic amines) is 1. The molecule has 0 radical (unpaired) electrons. The highest BCUT2D eigenvalue weighted by Gasteiger charge is 2.25. The van der Waals surface area contributed by atoms with Crippen LogP contribution in [0.5, 0.6) is 0 Å². The van der Waals surface area contributed by atoms with Crippen LogP contribution < -0.4 is 5.32 Å². The molecule has 1 N–H and O–H groups in total. The zero-order chi connectivity index (χ0) is 17.5. The quantitative estimate of drug-likeness (QED) is 0.826. The van der Waals surface area contributed by atoms with Crippen molar-refractivity contribution in [3.05, 3.63) is 35.9 Å². The summed E-state index contributed by atoms with van der Waals surface area (Å²) in [6, 6.07) is 10.8. The third-order valence-electron chi connectivity index (χ3n) is 5.69. The molecule has 2 aliphatic rings. The lowest BCUT2D eigenvalue weighted by Gasteiger charge is -2.33. The molecule has 1 aromatic rings. The smallest absolute Gasteiger partial charge is 0.220 e. The molecule has 0 aliphatic carbocycles. The Bertz CT molecular complexity index is 520. The van der Waals surface area contributed by atoms with Crippen molar-refractivity contribution >= 4 is 5.91 Å². The molecule has 2 fully saturated rings. The Hall–Kier alpha value is -1.39. The monoisotopic (exact) mass is 344 g/mol. The van der Waals surface area contributed by atoms with Crippen LogP contribution in [0.4, 0.5) is 0 Å². The molecule has 25 heavy (non-hydrogen) atoms. The normalized spacial score (nSPS) is 23.5. The second kappa shape index (κ2) is 9.35. The van der Waals surface area contributed by atoms with Crippen LogP contribution >= 0.6 is 0 Å². The predicted octanol–water partition coefficient (Wildman–Crippen LogP) is 3.19. The Kier molecular flexibility index (Phi) is 6.88. The van der Waals surface area contributed by atoms with Gasteiger partial charge in [0.2, 0.25) is 5.91 Å². The van der Waals surface area contributed by atoms with Crippen LogP contribution in [-0.4, -0.2) is 49.7 Å². The molecule has 2 aliphatic heterocycles. The van der Waals surface area contributed by atoms with Gasteiger partial charge in [0.1, 0.15) is 0 Å². The van der Waals surface area contributed by atoms with Gasteiger partial charge in [-0.25, -0.2) is 0 Å². The van der Waals surface area contributed by atoms with Crippen molar-refractivity contribution in [2.45, 2.75) is 51.0 Å². The molecule has 2 saturated heterocycles. The highest BCUT2D eigenvalue weighted by atomic mass is 16.5. The summed E-state index contributed by atoms with van der Waals surface area (Å²) in [5.41, 5.74) is 1.27. The highest BCUT2D eigenvalue weighted by molar-refractivity contribution is 5.77. The van der Waals surface area contributed by atoms with Crippen molar-refractivity contribution in [1.82, 2.24) is 10.2 Å². The van der Waals surface area contributed by atoms with Gasteiger partial charge >= 0.3 is 0 Å². The van der Waals surface area contributed by atoms with Crippen LogP contribution in [0.25, 0.3) is 0 Å². The Morgan fingerprint density at radius 1 is 1.24 bits per heavy atom. The van der Waals surface area contributed by atoms with Gasteiger partial charge in [-0.2, -0.15) is 0 Å². The first-order valence-corrected chi connectivity index (χ1v) is 9.89.